The number of fused-ring (bicyclic) bond motifs is 1. The summed E-state index contributed by atoms with van der Waals surface area (Å²) in [7, 11) is 0. The molecule has 0 saturated carbocycles. The van der Waals surface area contributed by atoms with Crippen molar-refractivity contribution in [1.82, 2.24) is 4.90 Å². The third-order valence-corrected chi connectivity index (χ3v) is 5.88. The van der Waals surface area contributed by atoms with Gasteiger partial charge in [-0.3, -0.25) is 9.59 Å². The maximum absolute atomic E-state index is 12.9. The molecular weight excluding hydrogens is 346 g/mol. The van der Waals surface area contributed by atoms with E-state index >= 15 is 0 Å². The third-order valence-electron chi connectivity index (χ3n) is 5.88. The van der Waals surface area contributed by atoms with Crippen LogP contribution in [0, 0.1) is 11.3 Å². The topological polar surface area (TPSA) is 80.0 Å². The minimum absolute atomic E-state index is 0.177. The van der Waals surface area contributed by atoms with E-state index in [1.54, 1.807) is 17.0 Å². The van der Waals surface area contributed by atoms with Crippen molar-refractivity contribution < 1.29 is 23.8 Å². The molecule has 1 amide bonds. The van der Waals surface area contributed by atoms with Crippen molar-refractivity contribution in [2.24, 2.45) is 11.3 Å². The highest BCUT2D eigenvalue weighted by Gasteiger charge is 2.55. The summed E-state index contributed by atoms with van der Waals surface area (Å²) in [6.07, 6.45) is 1.40. The summed E-state index contributed by atoms with van der Waals surface area (Å²) >= 11 is 0. The van der Waals surface area contributed by atoms with E-state index in [2.05, 4.69) is 6.92 Å². The second-order valence-electron chi connectivity index (χ2n) is 7.38. The molecule has 3 heterocycles. The fourth-order valence-corrected chi connectivity index (χ4v) is 4.12. The van der Waals surface area contributed by atoms with Gasteiger partial charge in [-0.25, -0.2) is 0 Å². The summed E-state index contributed by atoms with van der Waals surface area (Å²) in [6, 6.07) is 11.5. The van der Waals surface area contributed by atoms with E-state index in [4.69, 9.17) is 9.15 Å². The van der Waals surface area contributed by atoms with Crippen LogP contribution in [-0.2, 0) is 16.0 Å². The molecule has 0 aliphatic carbocycles. The van der Waals surface area contributed by atoms with Gasteiger partial charge in [-0.15, -0.1) is 0 Å². The Hall–Kier alpha value is -2.60. The molecule has 4 rings (SSSR count). The second-order valence-corrected chi connectivity index (χ2v) is 7.38. The summed E-state index contributed by atoms with van der Waals surface area (Å²) < 4.78 is 11.2. The Labute approximate surface area is 157 Å². The van der Waals surface area contributed by atoms with Crippen LogP contribution in [0.4, 0.5) is 0 Å². The number of rotatable bonds is 4. The van der Waals surface area contributed by atoms with Crippen LogP contribution in [0.5, 0.6) is 0 Å². The normalized spacial score (nSPS) is 24.6. The molecule has 27 heavy (non-hydrogen) atoms. The zero-order valence-corrected chi connectivity index (χ0v) is 15.3. The van der Waals surface area contributed by atoms with Gasteiger partial charge >= 0.3 is 5.97 Å². The van der Waals surface area contributed by atoms with E-state index < -0.39 is 11.4 Å². The minimum atomic E-state index is -0.903. The number of aryl methyl sites for hydroxylation is 1. The quantitative estimate of drug-likeness (QED) is 0.896. The van der Waals surface area contributed by atoms with Crippen molar-refractivity contribution in [3.8, 4) is 11.3 Å². The molecule has 2 fully saturated rings. The van der Waals surface area contributed by atoms with Crippen LogP contribution in [0.1, 0.15) is 29.5 Å². The van der Waals surface area contributed by atoms with Crippen LogP contribution < -0.4 is 0 Å². The highest BCUT2D eigenvalue weighted by molar-refractivity contribution is 5.93. The number of furan rings is 1. The first-order chi connectivity index (χ1) is 13.0. The molecule has 2 atom stereocenters. The Morgan fingerprint density at radius 1 is 1.22 bits per heavy atom. The number of benzene rings is 1. The Balaban J connectivity index is 1.53. The number of carboxylic acid groups (broad SMARTS) is 1. The number of nitrogens with zero attached hydrogens (tertiary/aromatic N) is 1. The predicted octanol–water partition coefficient (Wildman–Crippen LogP) is 3.07. The van der Waals surface area contributed by atoms with E-state index in [0.29, 0.717) is 31.9 Å². The fourth-order valence-electron chi connectivity index (χ4n) is 4.12. The number of hydrogen-bond acceptors (Lipinski definition) is 4. The largest absolute Gasteiger partial charge is 0.481 e. The van der Waals surface area contributed by atoms with Gasteiger partial charge in [-0.05, 0) is 30.5 Å². The number of ether oxygens (including phenoxy) is 1. The number of carbonyl (C=O) groups excluding carboxylic acids is 1. The summed E-state index contributed by atoms with van der Waals surface area (Å²) in [5.41, 5.74) is 1.25. The Bertz CT molecular complexity index is 856. The van der Waals surface area contributed by atoms with Gasteiger partial charge in [-0.1, -0.05) is 31.2 Å². The molecule has 142 valence electrons. The molecule has 6 nitrogen and oxygen atoms in total. The SMILES string of the molecule is CCc1ccc(-c2ccc(C(=O)N3C[C@H]4COCC[C@@]4(C(=O)O)C3)o2)cc1. The molecular formula is C21H23NO5. The average Bonchev–Trinajstić information content (AvgIpc) is 3.33. The van der Waals surface area contributed by atoms with Crippen molar-refractivity contribution in [3.63, 3.8) is 0 Å². The lowest BCUT2D eigenvalue weighted by atomic mass is 9.74. The molecule has 2 aromatic rings. The van der Waals surface area contributed by atoms with E-state index in [9.17, 15) is 14.7 Å². The van der Waals surface area contributed by atoms with Gasteiger partial charge < -0.3 is 19.2 Å². The number of amides is 1. The summed E-state index contributed by atoms with van der Waals surface area (Å²) in [5, 5.41) is 9.75. The predicted molar refractivity (Wildman–Crippen MR) is 98.4 cm³/mol. The van der Waals surface area contributed by atoms with Crippen LogP contribution in [0.2, 0.25) is 0 Å². The molecule has 1 aromatic carbocycles. The van der Waals surface area contributed by atoms with Crippen molar-refractivity contribution >= 4 is 11.9 Å². The maximum atomic E-state index is 12.9. The molecule has 1 N–H and O–H groups in total. The zero-order valence-electron chi connectivity index (χ0n) is 15.3. The van der Waals surface area contributed by atoms with Gasteiger partial charge in [0.15, 0.2) is 5.76 Å². The van der Waals surface area contributed by atoms with Crippen LogP contribution in [0.3, 0.4) is 0 Å². The average molecular weight is 369 g/mol. The molecule has 0 unspecified atom stereocenters. The zero-order chi connectivity index (χ0) is 19.0. The van der Waals surface area contributed by atoms with Crippen molar-refractivity contribution in [1.29, 1.82) is 0 Å². The lowest BCUT2D eigenvalue weighted by molar-refractivity contribution is -0.157. The van der Waals surface area contributed by atoms with Gasteiger partial charge in [0, 0.05) is 31.2 Å². The van der Waals surface area contributed by atoms with Gasteiger partial charge in [0.1, 0.15) is 5.76 Å². The van der Waals surface area contributed by atoms with Gasteiger partial charge in [-0.2, -0.15) is 0 Å². The third kappa shape index (κ3) is 3.04. The van der Waals surface area contributed by atoms with Crippen LogP contribution in [0.25, 0.3) is 11.3 Å². The number of carbonyl (C=O) groups is 2. The molecule has 2 aliphatic heterocycles. The number of hydrogen-bond donors (Lipinski definition) is 1. The summed E-state index contributed by atoms with van der Waals surface area (Å²) in [6.45, 7) is 3.48. The van der Waals surface area contributed by atoms with Crippen molar-refractivity contribution in [2.45, 2.75) is 19.8 Å². The highest BCUT2D eigenvalue weighted by Crippen LogP contribution is 2.43. The van der Waals surface area contributed by atoms with Crippen LogP contribution >= 0.6 is 0 Å². The van der Waals surface area contributed by atoms with E-state index in [-0.39, 0.29) is 24.1 Å². The van der Waals surface area contributed by atoms with Gasteiger partial charge in [0.25, 0.3) is 5.91 Å². The molecule has 0 radical (unpaired) electrons. The maximum Gasteiger partial charge on any atom is 0.311 e. The monoisotopic (exact) mass is 369 g/mol. The Morgan fingerprint density at radius 2 is 2.00 bits per heavy atom. The van der Waals surface area contributed by atoms with Crippen LogP contribution in [0.15, 0.2) is 40.8 Å². The standard InChI is InChI=1S/C21H23NO5/c1-2-14-3-5-15(6-4-14)17-7-8-18(27-17)19(23)22-11-16-12-26-10-9-21(16,13-22)20(24)25/h3-8,16H,2,9-13H2,1H3,(H,24,25)/t16-,21+/m0/s1. The van der Waals surface area contributed by atoms with Gasteiger partial charge in [0.05, 0.1) is 12.0 Å². The summed E-state index contributed by atoms with van der Waals surface area (Å²) in [5.74, 6) is -0.411. The molecule has 0 bridgehead atoms. The number of carboxylic acids is 1. The van der Waals surface area contributed by atoms with E-state index in [1.807, 2.05) is 24.3 Å². The van der Waals surface area contributed by atoms with Crippen molar-refractivity contribution in [2.75, 3.05) is 26.3 Å². The van der Waals surface area contributed by atoms with E-state index in [1.165, 1.54) is 5.56 Å². The van der Waals surface area contributed by atoms with Crippen LogP contribution in [-0.4, -0.2) is 48.2 Å². The highest BCUT2D eigenvalue weighted by atomic mass is 16.5. The Kier molecular flexibility index (Phi) is 4.52. The Morgan fingerprint density at radius 3 is 2.67 bits per heavy atom. The first-order valence-electron chi connectivity index (χ1n) is 9.33. The first-order valence-corrected chi connectivity index (χ1v) is 9.33. The molecule has 1 aromatic heterocycles. The second kappa shape index (κ2) is 6.85. The number of likely N-dealkylation sites (tertiary alicyclic amines) is 1. The molecule has 0 spiro atoms. The molecule has 2 aliphatic rings. The first kappa shape index (κ1) is 17.8. The lowest BCUT2D eigenvalue weighted by Gasteiger charge is -2.33. The molecule has 6 heteroatoms. The van der Waals surface area contributed by atoms with Crippen molar-refractivity contribution in [3.05, 3.63) is 47.7 Å². The smallest absolute Gasteiger partial charge is 0.311 e. The summed E-state index contributed by atoms with van der Waals surface area (Å²) in [4.78, 5) is 26.4. The van der Waals surface area contributed by atoms with Gasteiger partial charge in [0.2, 0.25) is 0 Å². The minimum Gasteiger partial charge on any atom is -0.481 e. The number of aliphatic carboxylic acids is 1. The lowest BCUT2D eigenvalue weighted by Crippen LogP contribution is -2.45. The molecule has 2 saturated heterocycles. The van der Waals surface area contributed by atoms with E-state index in [0.717, 1.165) is 12.0 Å². The fraction of sp³-hybridized carbons (Fsp3) is 0.429.